The zero-order chi connectivity index (χ0) is 11.4. The fraction of sp³-hybridized carbons (Fsp3) is 0.889. The molecule has 0 heterocycles. The minimum atomic E-state index is -4.27. The highest BCUT2D eigenvalue weighted by Gasteiger charge is 2.30. The molecule has 0 atom stereocenters. The molecule has 0 saturated carbocycles. The van der Waals surface area contributed by atoms with E-state index in [2.05, 4.69) is 4.74 Å². The molecule has 0 aliphatic rings. The predicted octanol–water partition coefficient (Wildman–Crippen LogP) is 2.92. The fourth-order valence-corrected chi connectivity index (χ4v) is 0.599. The molecule has 0 saturated heterocycles. The summed E-state index contributed by atoms with van der Waals surface area (Å²) in [6.07, 6.45) is -4.81. The van der Waals surface area contributed by atoms with E-state index in [4.69, 9.17) is 0 Å². The lowest BCUT2D eigenvalue weighted by atomic mass is 9.91. The molecule has 84 valence electrons. The highest BCUT2D eigenvalue weighted by Crippen LogP contribution is 2.23. The Balaban J connectivity index is 3.87. The first-order valence-electron chi connectivity index (χ1n) is 4.43. The molecule has 0 aliphatic carbocycles. The van der Waals surface area contributed by atoms with Crippen molar-refractivity contribution in [3.05, 3.63) is 0 Å². The largest absolute Gasteiger partial charge is 0.465 e. The van der Waals surface area contributed by atoms with E-state index in [0.29, 0.717) is 6.42 Å². The Bertz CT molecular complexity index is 197. The highest BCUT2D eigenvalue weighted by atomic mass is 19.4. The van der Waals surface area contributed by atoms with E-state index in [-0.39, 0.29) is 0 Å². The molecule has 0 amide bonds. The van der Waals surface area contributed by atoms with Crippen molar-refractivity contribution < 1.29 is 22.7 Å². The lowest BCUT2D eigenvalue weighted by Gasteiger charge is -2.20. The van der Waals surface area contributed by atoms with Crippen LogP contribution in [0.5, 0.6) is 0 Å². The minimum Gasteiger partial charge on any atom is -0.465 e. The molecule has 5 heteroatoms. The van der Waals surface area contributed by atoms with Gasteiger partial charge in [0.2, 0.25) is 0 Å². The number of ether oxygens (including phenoxy) is 1. The van der Waals surface area contributed by atoms with E-state index in [0.717, 1.165) is 0 Å². The summed E-state index contributed by atoms with van der Waals surface area (Å²) < 4.78 is 39.6. The summed E-state index contributed by atoms with van der Waals surface area (Å²) >= 11 is 0. The maximum atomic E-state index is 11.7. The molecule has 0 N–H and O–H groups in total. The van der Waals surface area contributed by atoms with Gasteiger partial charge >= 0.3 is 12.1 Å². The minimum absolute atomic E-state index is 0.540. The van der Waals surface area contributed by atoms with E-state index in [1.54, 1.807) is 20.8 Å². The number of hydrogen-bond donors (Lipinski definition) is 0. The number of carbonyl (C=O) groups is 1. The summed E-state index contributed by atoms with van der Waals surface area (Å²) in [5.41, 5.74) is -0.703. The quantitative estimate of drug-likeness (QED) is 0.670. The van der Waals surface area contributed by atoms with Crippen LogP contribution in [0, 0.1) is 5.41 Å². The molecule has 14 heavy (non-hydrogen) atoms. The van der Waals surface area contributed by atoms with Gasteiger partial charge in [-0.25, -0.2) is 0 Å². The van der Waals surface area contributed by atoms with Crippen molar-refractivity contribution in [3.63, 3.8) is 0 Å². The number of rotatable bonds is 4. The van der Waals surface area contributed by atoms with E-state index >= 15 is 0 Å². The maximum absolute atomic E-state index is 11.7. The molecular weight excluding hydrogens is 197 g/mol. The van der Waals surface area contributed by atoms with Crippen LogP contribution in [-0.4, -0.2) is 18.8 Å². The zero-order valence-corrected chi connectivity index (χ0v) is 8.57. The van der Waals surface area contributed by atoms with Gasteiger partial charge in [0.05, 0.1) is 18.4 Å². The summed E-state index contributed by atoms with van der Waals surface area (Å²) in [7, 11) is 0. The summed E-state index contributed by atoms with van der Waals surface area (Å²) in [4.78, 5) is 11.2. The molecule has 0 unspecified atom stereocenters. The lowest BCUT2D eigenvalue weighted by molar-refractivity contribution is -0.166. The Morgan fingerprint density at radius 3 is 2.14 bits per heavy atom. The fourth-order valence-electron chi connectivity index (χ4n) is 0.599. The van der Waals surface area contributed by atoms with Crippen molar-refractivity contribution >= 4 is 5.97 Å². The van der Waals surface area contributed by atoms with Crippen LogP contribution >= 0.6 is 0 Å². The molecular formula is C9H15F3O2. The lowest BCUT2D eigenvalue weighted by Crippen LogP contribution is -2.27. The first-order valence-corrected chi connectivity index (χ1v) is 4.43. The van der Waals surface area contributed by atoms with Crippen molar-refractivity contribution in [1.82, 2.24) is 0 Å². The Morgan fingerprint density at radius 1 is 1.29 bits per heavy atom. The number of hydrogen-bond acceptors (Lipinski definition) is 2. The molecule has 0 spiro atoms. The Morgan fingerprint density at radius 2 is 1.79 bits per heavy atom. The van der Waals surface area contributed by atoms with Crippen molar-refractivity contribution in [2.45, 2.75) is 39.8 Å². The Hall–Kier alpha value is -0.740. The third-order valence-corrected chi connectivity index (χ3v) is 2.06. The molecule has 0 aromatic heterocycles. The highest BCUT2D eigenvalue weighted by molar-refractivity contribution is 5.75. The van der Waals surface area contributed by atoms with Crippen molar-refractivity contribution in [2.24, 2.45) is 5.41 Å². The normalized spacial score (nSPS) is 12.7. The second-order valence-corrected chi connectivity index (χ2v) is 3.74. The number of alkyl halides is 3. The van der Waals surface area contributed by atoms with Gasteiger partial charge in [-0.2, -0.15) is 13.2 Å². The summed E-state index contributed by atoms with van der Waals surface area (Å²) in [5.74, 6) is -0.579. The molecule has 0 aliphatic heterocycles. The Labute approximate surface area is 81.4 Å². The standard InChI is InChI=1S/C9H15F3O2/c1-4-8(2,3)7(13)14-6-5-9(10,11)12/h4-6H2,1-3H3. The van der Waals surface area contributed by atoms with E-state index < -0.39 is 30.6 Å². The second kappa shape index (κ2) is 4.66. The summed E-state index contributed by atoms with van der Waals surface area (Å²) in [6.45, 7) is 4.47. The molecule has 0 bridgehead atoms. The van der Waals surface area contributed by atoms with Gasteiger partial charge in [0.1, 0.15) is 0 Å². The van der Waals surface area contributed by atoms with Crippen LogP contribution in [0.3, 0.4) is 0 Å². The Kier molecular flexibility index (Phi) is 4.42. The van der Waals surface area contributed by atoms with Crippen molar-refractivity contribution in [1.29, 1.82) is 0 Å². The zero-order valence-electron chi connectivity index (χ0n) is 8.57. The molecule has 2 nitrogen and oxygen atoms in total. The maximum Gasteiger partial charge on any atom is 0.392 e. The van der Waals surface area contributed by atoms with Gasteiger partial charge in [0.25, 0.3) is 0 Å². The predicted molar refractivity (Wildman–Crippen MR) is 45.7 cm³/mol. The van der Waals surface area contributed by atoms with Gasteiger partial charge < -0.3 is 4.74 Å². The van der Waals surface area contributed by atoms with Crippen LogP contribution in [0.2, 0.25) is 0 Å². The average Bonchev–Trinajstić information content (AvgIpc) is 2.02. The third kappa shape index (κ3) is 5.09. The van der Waals surface area contributed by atoms with E-state index in [1.165, 1.54) is 0 Å². The van der Waals surface area contributed by atoms with Crippen LogP contribution in [0.1, 0.15) is 33.6 Å². The van der Waals surface area contributed by atoms with Gasteiger partial charge in [-0.15, -0.1) is 0 Å². The number of halogens is 3. The third-order valence-electron chi connectivity index (χ3n) is 2.06. The van der Waals surface area contributed by atoms with Crippen LogP contribution in [0.25, 0.3) is 0 Å². The van der Waals surface area contributed by atoms with Crippen LogP contribution in [0.4, 0.5) is 13.2 Å². The molecule has 0 radical (unpaired) electrons. The summed E-state index contributed by atoms with van der Waals surface area (Å²) in [6, 6.07) is 0. The van der Waals surface area contributed by atoms with Crippen LogP contribution in [0.15, 0.2) is 0 Å². The average molecular weight is 212 g/mol. The number of carbonyl (C=O) groups excluding carboxylic acids is 1. The van der Waals surface area contributed by atoms with Crippen LogP contribution < -0.4 is 0 Å². The first-order chi connectivity index (χ1) is 6.19. The first kappa shape index (κ1) is 13.3. The molecule has 0 fully saturated rings. The second-order valence-electron chi connectivity index (χ2n) is 3.74. The van der Waals surface area contributed by atoms with Gasteiger partial charge in [-0.1, -0.05) is 6.92 Å². The van der Waals surface area contributed by atoms with Crippen molar-refractivity contribution in [3.8, 4) is 0 Å². The van der Waals surface area contributed by atoms with Gasteiger partial charge in [-0.05, 0) is 20.3 Å². The van der Waals surface area contributed by atoms with Gasteiger partial charge in [-0.3, -0.25) is 4.79 Å². The summed E-state index contributed by atoms with van der Waals surface area (Å²) in [5, 5.41) is 0. The van der Waals surface area contributed by atoms with Gasteiger partial charge in [0, 0.05) is 0 Å². The smallest absolute Gasteiger partial charge is 0.392 e. The molecule has 0 aromatic rings. The van der Waals surface area contributed by atoms with E-state index in [1.807, 2.05) is 0 Å². The van der Waals surface area contributed by atoms with Crippen LogP contribution in [-0.2, 0) is 9.53 Å². The molecule has 0 aromatic carbocycles. The SMILES string of the molecule is CCC(C)(C)C(=O)OCCC(F)(F)F. The molecule has 0 rings (SSSR count). The monoisotopic (exact) mass is 212 g/mol. The number of esters is 1. The van der Waals surface area contributed by atoms with Gasteiger partial charge in [0.15, 0.2) is 0 Å². The van der Waals surface area contributed by atoms with Crippen molar-refractivity contribution in [2.75, 3.05) is 6.61 Å². The van der Waals surface area contributed by atoms with E-state index in [9.17, 15) is 18.0 Å². The topological polar surface area (TPSA) is 26.3 Å².